The van der Waals surface area contributed by atoms with Gasteiger partial charge < -0.3 is 24.7 Å². The zero-order valence-electron chi connectivity index (χ0n) is 20.8. The lowest BCUT2D eigenvalue weighted by Crippen LogP contribution is -2.41. The first-order valence-electron chi connectivity index (χ1n) is 12.2. The molecule has 0 radical (unpaired) electrons. The van der Waals surface area contributed by atoms with Gasteiger partial charge in [0.2, 0.25) is 5.91 Å². The Morgan fingerprint density at radius 1 is 1.11 bits per heavy atom. The van der Waals surface area contributed by atoms with E-state index in [1.807, 2.05) is 65.6 Å². The van der Waals surface area contributed by atoms with E-state index in [0.29, 0.717) is 24.3 Å². The summed E-state index contributed by atoms with van der Waals surface area (Å²) in [5.74, 6) is 1.26. The van der Waals surface area contributed by atoms with Gasteiger partial charge in [-0.1, -0.05) is 44.2 Å². The molecule has 186 valence electrons. The summed E-state index contributed by atoms with van der Waals surface area (Å²) in [5.41, 5.74) is 3.99. The molecule has 3 aromatic rings. The van der Waals surface area contributed by atoms with E-state index in [1.165, 1.54) is 0 Å². The molecular formula is C29H31N3O4. The van der Waals surface area contributed by atoms with Gasteiger partial charge in [0, 0.05) is 29.8 Å². The van der Waals surface area contributed by atoms with Crippen LogP contribution in [0.5, 0.6) is 5.75 Å². The van der Waals surface area contributed by atoms with Crippen molar-refractivity contribution in [2.24, 2.45) is 5.41 Å². The molecule has 1 amide bonds. The summed E-state index contributed by atoms with van der Waals surface area (Å²) in [4.78, 5) is 28.9. The number of ketones is 1. The Hall–Kier alpha value is -4.00. The number of para-hydroxylation sites is 3. The third-order valence-corrected chi connectivity index (χ3v) is 6.80. The normalized spacial score (nSPS) is 18.6. The van der Waals surface area contributed by atoms with Crippen molar-refractivity contribution in [2.75, 3.05) is 23.9 Å². The highest BCUT2D eigenvalue weighted by Crippen LogP contribution is 2.48. The fraction of sp³-hybridized carbons (Fsp3) is 0.310. The van der Waals surface area contributed by atoms with Crippen molar-refractivity contribution in [1.82, 2.24) is 5.32 Å². The van der Waals surface area contributed by atoms with E-state index in [-0.39, 0.29) is 23.7 Å². The average Bonchev–Trinajstić information content (AvgIpc) is 3.34. The number of fused-ring (bicyclic) bond motifs is 1. The minimum absolute atomic E-state index is 0.0483. The van der Waals surface area contributed by atoms with E-state index >= 15 is 0 Å². The van der Waals surface area contributed by atoms with Gasteiger partial charge in [0.05, 0.1) is 31.3 Å². The number of ether oxygens (including phenoxy) is 1. The van der Waals surface area contributed by atoms with Crippen molar-refractivity contribution in [3.63, 3.8) is 0 Å². The Morgan fingerprint density at radius 3 is 2.67 bits per heavy atom. The van der Waals surface area contributed by atoms with E-state index in [4.69, 9.17) is 9.15 Å². The van der Waals surface area contributed by atoms with E-state index in [2.05, 4.69) is 24.5 Å². The van der Waals surface area contributed by atoms with Gasteiger partial charge in [-0.25, -0.2) is 0 Å². The number of carbonyl (C=O) groups is 2. The van der Waals surface area contributed by atoms with Gasteiger partial charge >= 0.3 is 0 Å². The van der Waals surface area contributed by atoms with Gasteiger partial charge in [-0.3, -0.25) is 9.59 Å². The molecule has 1 unspecified atom stereocenters. The molecule has 0 saturated heterocycles. The first-order valence-corrected chi connectivity index (χ1v) is 12.2. The molecular weight excluding hydrogens is 454 g/mol. The average molecular weight is 486 g/mol. The summed E-state index contributed by atoms with van der Waals surface area (Å²) >= 11 is 0. The summed E-state index contributed by atoms with van der Waals surface area (Å²) < 4.78 is 11.3. The molecule has 2 aromatic carbocycles. The van der Waals surface area contributed by atoms with Gasteiger partial charge in [-0.15, -0.1) is 0 Å². The van der Waals surface area contributed by atoms with Crippen LogP contribution in [-0.2, 0) is 16.1 Å². The molecule has 1 aromatic heterocycles. The quantitative estimate of drug-likeness (QED) is 0.498. The van der Waals surface area contributed by atoms with Crippen molar-refractivity contribution >= 4 is 23.1 Å². The molecule has 1 aliphatic heterocycles. The molecule has 0 saturated carbocycles. The number of allylic oxidation sites excluding steroid dienone is 1. The van der Waals surface area contributed by atoms with E-state index in [9.17, 15) is 9.59 Å². The third kappa shape index (κ3) is 4.61. The maximum atomic E-state index is 13.6. The van der Waals surface area contributed by atoms with Crippen LogP contribution in [0.15, 0.2) is 82.6 Å². The SMILES string of the molecule is COc1ccccc1CNC(=O)CN1c2ccccc2NC2=C(C(=O)CC(C)(C)C2)C1c1ccco1. The first-order chi connectivity index (χ1) is 17.4. The molecule has 2 heterocycles. The van der Waals surface area contributed by atoms with Crippen LogP contribution in [0.2, 0.25) is 0 Å². The number of amides is 1. The number of nitrogens with one attached hydrogen (secondary N) is 2. The largest absolute Gasteiger partial charge is 0.496 e. The number of Topliss-reactive ketones (excluding diaryl/α,β-unsaturated/α-hetero) is 1. The maximum absolute atomic E-state index is 13.6. The van der Waals surface area contributed by atoms with Gasteiger partial charge in [0.1, 0.15) is 17.6 Å². The Morgan fingerprint density at radius 2 is 1.89 bits per heavy atom. The highest BCUT2D eigenvalue weighted by Gasteiger charge is 2.42. The summed E-state index contributed by atoms with van der Waals surface area (Å²) in [7, 11) is 1.61. The summed E-state index contributed by atoms with van der Waals surface area (Å²) in [6, 6.07) is 18.6. The fourth-order valence-corrected chi connectivity index (χ4v) is 5.22. The van der Waals surface area contributed by atoms with Crippen LogP contribution in [0.1, 0.15) is 44.1 Å². The van der Waals surface area contributed by atoms with Crippen LogP contribution in [0, 0.1) is 5.41 Å². The second kappa shape index (κ2) is 9.57. The molecule has 2 aliphatic rings. The van der Waals surface area contributed by atoms with Gasteiger partial charge in [-0.2, -0.15) is 0 Å². The second-order valence-electron chi connectivity index (χ2n) is 10.1. The van der Waals surface area contributed by atoms with Crippen LogP contribution >= 0.6 is 0 Å². The Kier molecular flexibility index (Phi) is 6.31. The van der Waals surface area contributed by atoms with Crippen LogP contribution in [0.4, 0.5) is 11.4 Å². The summed E-state index contributed by atoms with van der Waals surface area (Å²) in [6.45, 7) is 4.60. The standard InChI is InChI=1S/C29H31N3O4/c1-29(2)15-21-27(23(33)16-29)28(25-13-8-14-36-25)32(22-11-6-5-10-20(22)31-21)18-26(34)30-17-19-9-4-7-12-24(19)35-3/h4-14,28,31H,15-18H2,1-3H3,(H,30,34). The molecule has 0 spiro atoms. The molecule has 36 heavy (non-hydrogen) atoms. The van der Waals surface area contributed by atoms with Gasteiger partial charge in [-0.05, 0) is 42.2 Å². The Balaban J connectivity index is 1.52. The summed E-state index contributed by atoms with van der Waals surface area (Å²) in [5, 5.41) is 6.56. The van der Waals surface area contributed by atoms with Gasteiger partial charge in [0.15, 0.2) is 5.78 Å². The van der Waals surface area contributed by atoms with E-state index < -0.39 is 6.04 Å². The van der Waals surface area contributed by atoms with Crippen molar-refractivity contribution in [3.8, 4) is 5.75 Å². The molecule has 0 fully saturated rings. The number of carbonyl (C=O) groups excluding carboxylic acids is 2. The highest BCUT2D eigenvalue weighted by molar-refractivity contribution is 6.01. The van der Waals surface area contributed by atoms with Crippen LogP contribution in [0.3, 0.4) is 0 Å². The summed E-state index contributed by atoms with van der Waals surface area (Å²) in [6.07, 6.45) is 2.78. The van der Waals surface area contributed by atoms with Crippen molar-refractivity contribution < 1.29 is 18.7 Å². The number of benzene rings is 2. The molecule has 1 aliphatic carbocycles. The Bertz CT molecular complexity index is 1310. The molecule has 7 heteroatoms. The van der Waals surface area contributed by atoms with Crippen LogP contribution in [0.25, 0.3) is 0 Å². The monoisotopic (exact) mass is 485 g/mol. The van der Waals surface area contributed by atoms with Gasteiger partial charge in [0.25, 0.3) is 0 Å². The third-order valence-electron chi connectivity index (χ3n) is 6.80. The maximum Gasteiger partial charge on any atom is 0.239 e. The number of rotatable bonds is 6. The highest BCUT2D eigenvalue weighted by atomic mass is 16.5. The smallest absolute Gasteiger partial charge is 0.239 e. The predicted molar refractivity (Wildman–Crippen MR) is 139 cm³/mol. The number of anilines is 2. The van der Waals surface area contributed by atoms with E-state index in [0.717, 1.165) is 34.8 Å². The molecule has 0 bridgehead atoms. The molecule has 7 nitrogen and oxygen atoms in total. The number of furan rings is 1. The van der Waals surface area contributed by atoms with E-state index in [1.54, 1.807) is 13.4 Å². The first kappa shape index (κ1) is 23.7. The minimum atomic E-state index is -0.522. The van der Waals surface area contributed by atoms with Crippen molar-refractivity contribution in [3.05, 3.63) is 89.5 Å². The number of hydrogen-bond donors (Lipinski definition) is 2. The molecule has 1 atom stereocenters. The Labute approximate surface area is 211 Å². The van der Waals surface area contributed by atoms with Crippen LogP contribution < -0.4 is 20.3 Å². The minimum Gasteiger partial charge on any atom is -0.496 e. The topological polar surface area (TPSA) is 83.8 Å². The van der Waals surface area contributed by atoms with Crippen LogP contribution in [-0.4, -0.2) is 25.3 Å². The molecule has 5 rings (SSSR count). The lowest BCUT2D eigenvalue weighted by atomic mass is 9.74. The van der Waals surface area contributed by atoms with Crippen molar-refractivity contribution in [2.45, 2.75) is 39.3 Å². The number of nitrogens with zero attached hydrogens (tertiary/aromatic N) is 1. The molecule has 2 N–H and O–H groups in total. The number of methoxy groups -OCH3 is 1. The fourth-order valence-electron chi connectivity index (χ4n) is 5.22. The predicted octanol–water partition coefficient (Wildman–Crippen LogP) is 5.22. The van der Waals surface area contributed by atoms with Crippen molar-refractivity contribution in [1.29, 1.82) is 0 Å². The zero-order valence-corrected chi connectivity index (χ0v) is 20.8. The lowest BCUT2D eigenvalue weighted by Gasteiger charge is -2.36. The number of hydrogen-bond acceptors (Lipinski definition) is 6. The zero-order chi connectivity index (χ0) is 25.3. The second-order valence-corrected chi connectivity index (χ2v) is 10.1. The lowest BCUT2D eigenvalue weighted by molar-refractivity contribution is -0.121.